The maximum atomic E-state index is 6.71. The van der Waals surface area contributed by atoms with Crippen molar-refractivity contribution in [1.82, 2.24) is 0 Å². The van der Waals surface area contributed by atoms with Crippen LogP contribution in [0.4, 0.5) is 11.4 Å². The quantitative estimate of drug-likeness (QED) is 0.188. The number of nitrogens with zero attached hydrogens (tertiary/aromatic N) is 1. The van der Waals surface area contributed by atoms with Crippen LogP contribution in [0.5, 0.6) is 0 Å². The van der Waals surface area contributed by atoms with Crippen molar-refractivity contribution in [3.8, 4) is 0 Å². The van der Waals surface area contributed by atoms with Gasteiger partial charge in [-0.1, -0.05) is 78.9 Å². The lowest BCUT2D eigenvalue weighted by Crippen LogP contribution is -2.58. The first kappa shape index (κ1) is 24.9. The summed E-state index contributed by atoms with van der Waals surface area (Å²) in [6.07, 6.45) is 8.18. The Balaban J connectivity index is 1.25. The number of thiophene rings is 1. The predicted molar refractivity (Wildman–Crippen MR) is 191 cm³/mol. The zero-order chi connectivity index (χ0) is 29.3. The fraction of sp³-hybridized carbons (Fsp3) is 0.238. The topological polar surface area (TPSA) is 16.4 Å². The molecule has 0 spiro atoms. The summed E-state index contributed by atoms with van der Waals surface area (Å²) in [5.41, 5.74) is 4.84. The van der Waals surface area contributed by atoms with Gasteiger partial charge in [-0.25, -0.2) is 0 Å². The molecule has 45 heavy (non-hydrogen) atoms. The van der Waals surface area contributed by atoms with Crippen LogP contribution in [-0.4, -0.2) is 5.54 Å². The summed E-state index contributed by atoms with van der Waals surface area (Å²) >= 11 is 1.94. The van der Waals surface area contributed by atoms with Crippen molar-refractivity contribution in [1.29, 1.82) is 0 Å². The zero-order valence-corrected chi connectivity index (χ0v) is 25.9. The third-order valence-corrected chi connectivity index (χ3v) is 12.9. The minimum Gasteiger partial charge on any atom is -0.455 e. The summed E-state index contributed by atoms with van der Waals surface area (Å²) in [5.74, 6) is 2.54. The highest BCUT2D eigenvalue weighted by atomic mass is 32.1. The highest BCUT2D eigenvalue weighted by molar-refractivity contribution is 7.26. The molecule has 6 aromatic carbocycles. The molecule has 4 fully saturated rings. The van der Waals surface area contributed by atoms with Crippen LogP contribution in [-0.2, 0) is 0 Å². The molecule has 4 aliphatic carbocycles. The molecule has 218 valence electrons. The van der Waals surface area contributed by atoms with Gasteiger partial charge in [-0.15, -0.1) is 11.3 Å². The highest BCUT2D eigenvalue weighted by Gasteiger charge is 2.54. The second-order valence-electron chi connectivity index (χ2n) is 14.3. The zero-order valence-electron chi connectivity index (χ0n) is 25.1. The average Bonchev–Trinajstić information content (AvgIpc) is 3.63. The molecule has 0 radical (unpaired) electrons. The third-order valence-electron chi connectivity index (χ3n) is 11.7. The van der Waals surface area contributed by atoms with Gasteiger partial charge in [0, 0.05) is 37.5 Å². The fourth-order valence-electron chi connectivity index (χ4n) is 10.4. The Hall–Kier alpha value is -4.34. The van der Waals surface area contributed by atoms with Crippen LogP contribution in [0.1, 0.15) is 38.5 Å². The summed E-state index contributed by atoms with van der Waals surface area (Å²) in [6.45, 7) is 0. The van der Waals surface area contributed by atoms with Gasteiger partial charge >= 0.3 is 0 Å². The number of anilines is 2. The summed E-state index contributed by atoms with van der Waals surface area (Å²) in [6, 6.07) is 40.8. The second-order valence-corrected chi connectivity index (χ2v) is 15.4. The van der Waals surface area contributed by atoms with E-state index in [-0.39, 0.29) is 5.54 Å². The first-order chi connectivity index (χ1) is 22.2. The lowest BCUT2D eigenvalue weighted by atomic mass is 9.52. The molecule has 12 rings (SSSR count). The van der Waals surface area contributed by atoms with Crippen molar-refractivity contribution in [2.24, 2.45) is 17.8 Å². The van der Waals surface area contributed by atoms with Crippen molar-refractivity contribution >= 4 is 86.4 Å². The Labute approximate surface area is 265 Å². The lowest BCUT2D eigenvalue weighted by Gasteiger charge is -2.61. The van der Waals surface area contributed by atoms with E-state index >= 15 is 0 Å². The molecule has 0 unspecified atom stereocenters. The lowest BCUT2D eigenvalue weighted by molar-refractivity contribution is 0.000671. The van der Waals surface area contributed by atoms with Gasteiger partial charge in [0.05, 0.1) is 10.4 Å². The van der Waals surface area contributed by atoms with Crippen molar-refractivity contribution in [2.75, 3.05) is 4.90 Å². The van der Waals surface area contributed by atoms with Gasteiger partial charge in [-0.2, -0.15) is 0 Å². The Morgan fingerprint density at radius 2 is 1.27 bits per heavy atom. The van der Waals surface area contributed by atoms with E-state index in [0.29, 0.717) is 0 Å². The molecule has 3 heteroatoms. The van der Waals surface area contributed by atoms with Gasteiger partial charge in [0.1, 0.15) is 11.2 Å². The molecule has 8 aromatic rings. The Kier molecular flexibility index (Phi) is 4.92. The fourth-order valence-corrected chi connectivity index (χ4v) is 11.6. The van der Waals surface area contributed by atoms with Crippen molar-refractivity contribution in [2.45, 2.75) is 44.1 Å². The monoisotopic (exact) mass is 599 g/mol. The Bertz CT molecular complexity index is 2460. The molecule has 4 aliphatic rings. The van der Waals surface area contributed by atoms with Crippen LogP contribution in [0.2, 0.25) is 0 Å². The molecule has 2 aromatic heterocycles. The summed E-state index contributed by atoms with van der Waals surface area (Å²) in [5, 5.41) is 10.3. The first-order valence-electron chi connectivity index (χ1n) is 16.7. The van der Waals surface area contributed by atoms with Gasteiger partial charge in [0.25, 0.3) is 0 Å². The number of fused-ring (bicyclic) bond motifs is 10. The van der Waals surface area contributed by atoms with Crippen molar-refractivity contribution in [3.63, 3.8) is 0 Å². The minimum atomic E-state index is 0.135. The van der Waals surface area contributed by atoms with Gasteiger partial charge in [0.2, 0.25) is 0 Å². The number of hydrogen-bond acceptors (Lipinski definition) is 3. The number of para-hydroxylation sites is 1. The van der Waals surface area contributed by atoms with E-state index in [1.165, 1.54) is 102 Å². The van der Waals surface area contributed by atoms with Gasteiger partial charge in [0.15, 0.2) is 0 Å². The normalized spacial score (nSPS) is 24.2. The highest BCUT2D eigenvalue weighted by Crippen LogP contribution is 2.61. The standard InChI is InChI=1S/C42H33NOS/c1-2-8-31-28(7-1)13-14-29-20-30(15-16-32(29)31)43(42-22-25-17-26(23-42)19-27(18-25)24-42)36-21-35-33-9-3-5-11-37(33)44-40(35)39-34-10-4-6-12-38(34)45-41(36)39/h1-16,20-21,25-27H,17-19,22-24H2. The molecule has 4 bridgehead atoms. The molecule has 2 nitrogen and oxygen atoms in total. The van der Waals surface area contributed by atoms with Crippen LogP contribution < -0.4 is 4.90 Å². The van der Waals surface area contributed by atoms with E-state index in [9.17, 15) is 0 Å². The maximum Gasteiger partial charge on any atom is 0.144 e. The number of furan rings is 1. The van der Waals surface area contributed by atoms with Crippen molar-refractivity contribution in [3.05, 3.63) is 109 Å². The van der Waals surface area contributed by atoms with Crippen LogP contribution in [0, 0.1) is 17.8 Å². The SMILES string of the molecule is c1ccc2c(c1)ccc1cc(N(c3cc4c5ccccc5oc4c4c3sc3ccccc34)C34CC5CC(CC(C5)C3)C4)ccc12. The van der Waals surface area contributed by atoms with E-state index in [2.05, 4.69) is 114 Å². The second kappa shape index (κ2) is 8.89. The molecule has 0 atom stereocenters. The van der Waals surface area contributed by atoms with Gasteiger partial charge in [-0.05, 0) is 108 Å². The molecular formula is C42H33NOS. The largest absolute Gasteiger partial charge is 0.455 e. The van der Waals surface area contributed by atoms with Gasteiger partial charge in [-0.3, -0.25) is 0 Å². The molecule has 4 saturated carbocycles. The average molecular weight is 600 g/mol. The summed E-state index contributed by atoms with van der Waals surface area (Å²) in [7, 11) is 0. The van der Waals surface area contributed by atoms with Crippen LogP contribution >= 0.6 is 11.3 Å². The van der Waals surface area contributed by atoms with E-state index in [4.69, 9.17) is 4.42 Å². The smallest absolute Gasteiger partial charge is 0.144 e. The van der Waals surface area contributed by atoms with Crippen molar-refractivity contribution < 1.29 is 4.42 Å². The molecule has 2 heterocycles. The molecule has 0 N–H and O–H groups in total. The van der Waals surface area contributed by atoms with E-state index < -0.39 is 0 Å². The molecule has 0 amide bonds. The first-order valence-corrected chi connectivity index (χ1v) is 17.5. The number of benzene rings is 6. The summed E-state index contributed by atoms with van der Waals surface area (Å²) < 4.78 is 9.40. The molecule has 0 aliphatic heterocycles. The predicted octanol–water partition coefficient (Wildman–Crippen LogP) is 12.4. The van der Waals surface area contributed by atoms with E-state index in [1.54, 1.807) is 0 Å². The van der Waals surface area contributed by atoms with Crippen LogP contribution in [0.25, 0.3) is 63.7 Å². The van der Waals surface area contributed by atoms with Crippen LogP contribution in [0.15, 0.2) is 114 Å². The minimum absolute atomic E-state index is 0.135. The van der Waals surface area contributed by atoms with Crippen LogP contribution in [0.3, 0.4) is 0 Å². The van der Waals surface area contributed by atoms with E-state index in [0.717, 1.165) is 28.9 Å². The third kappa shape index (κ3) is 3.45. The Morgan fingerprint density at radius 3 is 2.09 bits per heavy atom. The summed E-state index contributed by atoms with van der Waals surface area (Å²) in [4.78, 5) is 2.87. The molecular weight excluding hydrogens is 567 g/mol. The maximum absolute atomic E-state index is 6.71. The number of rotatable bonds is 3. The van der Waals surface area contributed by atoms with Gasteiger partial charge < -0.3 is 9.32 Å². The van der Waals surface area contributed by atoms with E-state index in [1.807, 2.05) is 11.3 Å². The number of hydrogen-bond donors (Lipinski definition) is 0. The Morgan fingerprint density at radius 1 is 0.600 bits per heavy atom. The molecule has 0 saturated heterocycles.